The predicted octanol–water partition coefficient (Wildman–Crippen LogP) is -4.75. The number of unbranched alkanes of at least 4 members (excludes halogenated alkanes) is 2. The number of aliphatic hydroxyl groups is 6. The van der Waals surface area contributed by atoms with Gasteiger partial charge in [0.05, 0.1) is 25.4 Å². The van der Waals surface area contributed by atoms with E-state index in [1.54, 1.807) is 0 Å². The van der Waals surface area contributed by atoms with Crippen molar-refractivity contribution in [3.8, 4) is 0 Å². The zero-order chi connectivity index (χ0) is 30.9. The Bertz CT molecular complexity index is 867. The van der Waals surface area contributed by atoms with Crippen molar-refractivity contribution < 1.29 is 69.1 Å². The van der Waals surface area contributed by atoms with E-state index in [9.17, 15) is 50.1 Å². The van der Waals surface area contributed by atoms with Crippen LogP contribution in [-0.4, -0.2) is 147 Å². The van der Waals surface area contributed by atoms with E-state index in [1.165, 1.54) is 6.92 Å². The molecule has 0 aromatic rings. The lowest BCUT2D eigenvalue weighted by molar-refractivity contribution is -0.330. The van der Waals surface area contributed by atoms with Gasteiger partial charge in [-0.1, -0.05) is 0 Å². The summed E-state index contributed by atoms with van der Waals surface area (Å²) in [5.74, 6) is -5.64. The fourth-order valence-electron chi connectivity index (χ4n) is 4.72. The standard InChI is InChI=1S/C24H43N3O14/c1-11(29)26-16-13(31)8-24(23(36)37,41-21(16)18(33)14(32)9-28)39-10-15-19(34)20(35)17(27-12(2)30)22(40-15)38-7-5-3-4-6-25/h13-22,28,31-35H,3-10,25H2,1-2H3,(H,26,29)(H,27,30)(H,36,37)/t13-,14-,15?,16-,17+,18-,19-,20?,21?,22-,24-/m1/s1. The molecular weight excluding hydrogens is 554 g/mol. The van der Waals surface area contributed by atoms with E-state index in [1.807, 2.05) is 0 Å². The number of carbonyl (C=O) groups excluding carboxylic acids is 2. The van der Waals surface area contributed by atoms with Crippen LogP contribution in [0.3, 0.4) is 0 Å². The molecule has 2 fully saturated rings. The van der Waals surface area contributed by atoms with E-state index in [2.05, 4.69) is 10.6 Å². The van der Waals surface area contributed by atoms with E-state index in [0.717, 1.165) is 19.8 Å². The van der Waals surface area contributed by atoms with E-state index >= 15 is 0 Å². The molecule has 11 atom stereocenters. The van der Waals surface area contributed by atoms with Crippen molar-refractivity contribution in [2.75, 3.05) is 26.4 Å². The van der Waals surface area contributed by atoms with Crippen molar-refractivity contribution in [2.24, 2.45) is 5.73 Å². The Labute approximate surface area is 236 Å². The molecule has 2 saturated heterocycles. The highest BCUT2D eigenvalue weighted by molar-refractivity contribution is 5.76. The van der Waals surface area contributed by atoms with Gasteiger partial charge in [-0.25, -0.2) is 4.79 Å². The highest BCUT2D eigenvalue weighted by atomic mass is 16.7. The lowest BCUT2D eigenvalue weighted by atomic mass is 9.88. The maximum atomic E-state index is 12.4. The average molecular weight is 598 g/mol. The summed E-state index contributed by atoms with van der Waals surface area (Å²) >= 11 is 0. The SMILES string of the molecule is CC(=O)N[C@H]1C(O)[C@H](O)C(CO[C@]2(C(=O)O)C[C@@H](O)[C@@H](NC(C)=O)C([C@H](O)[C@H](O)CO)O2)O[C@H]1OCCCCCN. The molecule has 0 bridgehead atoms. The van der Waals surface area contributed by atoms with Crippen LogP contribution in [0.1, 0.15) is 39.5 Å². The molecule has 17 heteroatoms. The zero-order valence-electron chi connectivity index (χ0n) is 23.0. The summed E-state index contributed by atoms with van der Waals surface area (Å²) in [4.78, 5) is 35.7. The number of hydrogen-bond donors (Lipinski definition) is 10. The Hall–Kier alpha value is -2.03. The monoisotopic (exact) mass is 597 g/mol. The summed E-state index contributed by atoms with van der Waals surface area (Å²) in [5, 5.41) is 76.7. The summed E-state index contributed by atoms with van der Waals surface area (Å²) in [7, 11) is 0. The number of carbonyl (C=O) groups is 3. The summed E-state index contributed by atoms with van der Waals surface area (Å²) in [6.07, 6.45) is -11.9. The lowest BCUT2D eigenvalue weighted by Gasteiger charge is -2.47. The molecule has 238 valence electrons. The Balaban J connectivity index is 2.26. The number of nitrogens with one attached hydrogen (secondary N) is 2. The number of carboxylic acids is 1. The van der Waals surface area contributed by atoms with Crippen LogP contribution in [0.25, 0.3) is 0 Å². The first-order valence-corrected chi connectivity index (χ1v) is 13.4. The van der Waals surface area contributed by atoms with E-state index in [0.29, 0.717) is 13.0 Å². The summed E-state index contributed by atoms with van der Waals surface area (Å²) < 4.78 is 22.5. The van der Waals surface area contributed by atoms with Crippen molar-refractivity contribution in [1.82, 2.24) is 10.6 Å². The molecule has 2 aliphatic rings. The topological polar surface area (TPSA) is 280 Å². The first-order valence-electron chi connectivity index (χ1n) is 13.4. The van der Waals surface area contributed by atoms with Crippen molar-refractivity contribution in [2.45, 2.75) is 106 Å². The van der Waals surface area contributed by atoms with Crippen LogP contribution in [0, 0.1) is 0 Å². The number of aliphatic carboxylic acids is 1. The van der Waals surface area contributed by atoms with E-state index in [-0.39, 0.29) is 6.61 Å². The van der Waals surface area contributed by atoms with Crippen LogP contribution in [-0.2, 0) is 33.3 Å². The maximum Gasteiger partial charge on any atom is 0.364 e. The molecule has 2 heterocycles. The molecule has 0 aliphatic carbocycles. The number of carboxylic acid groups (broad SMARTS) is 1. The second-order valence-electron chi connectivity index (χ2n) is 10.2. The molecule has 2 amide bonds. The third kappa shape index (κ3) is 9.23. The van der Waals surface area contributed by atoms with Gasteiger partial charge in [0.25, 0.3) is 5.79 Å². The summed E-state index contributed by atoms with van der Waals surface area (Å²) in [6.45, 7) is 1.25. The fraction of sp³-hybridized carbons (Fsp3) is 0.875. The molecule has 11 N–H and O–H groups in total. The smallest absolute Gasteiger partial charge is 0.364 e. The van der Waals surface area contributed by atoms with Gasteiger partial charge < -0.3 is 71.1 Å². The molecule has 2 rings (SSSR count). The lowest BCUT2D eigenvalue weighted by Crippen LogP contribution is -2.69. The van der Waals surface area contributed by atoms with Gasteiger partial charge in [0.15, 0.2) is 6.29 Å². The first kappa shape index (κ1) is 35.2. The van der Waals surface area contributed by atoms with Crippen molar-refractivity contribution >= 4 is 17.8 Å². The minimum absolute atomic E-state index is 0.156. The second-order valence-corrected chi connectivity index (χ2v) is 10.2. The van der Waals surface area contributed by atoms with Gasteiger partial charge in [0.1, 0.15) is 42.7 Å². The maximum absolute atomic E-state index is 12.4. The molecule has 0 spiro atoms. The normalized spacial score (nSPS) is 35.3. The van der Waals surface area contributed by atoms with Gasteiger partial charge in [-0.2, -0.15) is 0 Å². The van der Waals surface area contributed by atoms with Crippen LogP contribution in [0.5, 0.6) is 0 Å². The van der Waals surface area contributed by atoms with Gasteiger partial charge in [-0.05, 0) is 25.8 Å². The van der Waals surface area contributed by atoms with Crippen LogP contribution < -0.4 is 16.4 Å². The molecule has 0 aromatic carbocycles. The van der Waals surface area contributed by atoms with Crippen molar-refractivity contribution in [3.05, 3.63) is 0 Å². The third-order valence-corrected chi connectivity index (χ3v) is 6.87. The first-order chi connectivity index (χ1) is 19.3. The van der Waals surface area contributed by atoms with Gasteiger partial charge >= 0.3 is 5.97 Å². The Morgan fingerprint density at radius 1 is 1.02 bits per heavy atom. The Morgan fingerprint density at radius 3 is 2.22 bits per heavy atom. The van der Waals surface area contributed by atoms with E-state index in [4.69, 9.17) is 24.7 Å². The number of hydrogen-bond acceptors (Lipinski definition) is 14. The molecule has 0 saturated carbocycles. The number of aliphatic hydroxyl groups excluding tert-OH is 6. The Morgan fingerprint density at radius 2 is 1.66 bits per heavy atom. The molecule has 0 aromatic heterocycles. The van der Waals surface area contributed by atoms with E-state index < -0.39 is 104 Å². The molecule has 0 radical (unpaired) electrons. The minimum Gasteiger partial charge on any atom is -0.477 e. The van der Waals surface area contributed by atoms with Gasteiger partial charge in [-0.3, -0.25) is 9.59 Å². The van der Waals surface area contributed by atoms with Crippen molar-refractivity contribution in [3.63, 3.8) is 0 Å². The van der Waals surface area contributed by atoms with Gasteiger partial charge in [-0.15, -0.1) is 0 Å². The summed E-state index contributed by atoms with van der Waals surface area (Å²) in [5.41, 5.74) is 5.48. The second kappa shape index (κ2) is 16.0. The molecule has 17 nitrogen and oxygen atoms in total. The number of rotatable bonds is 15. The highest BCUT2D eigenvalue weighted by Gasteiger charge is 2.56. The van der Waals surface area contributed by atoms with Crippen LogP contribution >= 0.6 is 0 Å². The molecule has 2 aliphatic heterocycles. The molecule has 41 heavy (non-hydrogen) atoms. The third-order valence-electron chi connectivity index (χ3n) is 6.87. The van der Waals surface area contributed by atoms with Gasteiger partial charge in [0.2, 0.25) is 11.8 Å². The van der Waals surface area contributed by atoms with Crippen LogP contribution in [0.4, 0.5) is 0 Å². The zero-order valence-corrected chi connectivity index (χ0v) is 23.0. The minimum atomic E-state index is -2.68. The van der Waals surface area contributed by atoms with Crippen LogP contribution in [0.2, 0.25) is 0 Å². The quantitative estimate of drug-likeness (QED) is 0.0793. The fourth-order valence-corrected chi connectivity index (χ4v) is 4.72. The highest BCUT2D eigenvalue weighted by Crippen LogP contribution is 2.34. The number of amides is 2. The number of ether oxygens (including phenoxy) is 4. The average Bonchev–Trinajstić information content (AvgIpc) is 2.91. The van der Waals surface area contributed by atoms with Crippen molar-refractivity contribution in [1.29, 1.82) is 0 Å². The Kier molecular flexibility index (Phi) is 13.7. The number of nitrogens with two attached hydrogens (primary N) is 1. The van der Waals surface area contributed by atoms with Crippen LogP contribution in [0.15, 0.2) is 0 Å². The molecule has 3 unspecified atom stereocenters. The predicted molar refractivity (Wildman–Crippen MR) is 136 cm³/mol. The largest absolute Gasteiger partial charge is 0.477 e. The van der Waals surface area contributed by atoms with Gasteiger partial charge in [0, 0.05) is 26.9 Å². The molecular formula is C24H43N3O14. The summed E-state index contributed by atoms with van der Waals surface area (Å²) in [6, 6.07) is -2.57.